The number of benzene rings is 1. The lowest BCUT2D eigenvalue weighted by atomic mass is 10.2. The Morgan fingerprint density at radius 1 is 1.30 bits per heavy atom. The van der Waals surface area contributed by atoms with Crippen molar-refractivity contribution in [2.75, 3.05) is 32.9 Å². The summed E-state index contributed by atoms with van der Waals surface area (Å²) in [7, 11) is 0.173. The number of nitrogens with two attached hydrogens (primary N) is 1. The molecular formula is C12H17Cl2N3O2S. The fourth-order valence-corrected chi connectivity index (χ4v) is 4.98. The second kappa shape index (κ2) is 5.69. The molecule has 1 heterocycles. The first-order valence-corrected chi connectivity index (χ1v) is 8.34. The van der Waals surface area contributed by atoms with Gasteiger partial charge in [0.05, 0.1) is 10.0 Å². The van der Waals surface area contributed by atoms with Gasteiger partial charge in [-0.1, -0.05) is 23.2 Å². The van der Waals surface area contributed by atoms with Crippen molar-refractivity contribution in [3.8, 4) is 0 Å². The van der Waals surface area contributed by atoms with E-state index in [9.17, 15) is 8.42 Å². The summed E-state index contributed by atoms with van der Waals surface area (Å²) in [5.41, 5.74) is 5.94. The van der Waals surface area contributed by atoms with E-state index in [2.05, 4.69) is 0 Å². The number of hydrogen-bond donors (Lipinski definition) is 1. The first kappa shape index (κ1) is 15.9. The van der Waals surface area contributed by atoms with Crippen molar-refractivity contribution >= 4 is 38.9 Å². The van der Waals surface area contributed by atoms with Crippen LogP contribution in [0.5, 0.6) is 0 Å². The van der Waals surface area contributed by atoms with Crippen molar-refractivity contribution in [3.63, 3.8) is 0 Å². The molecule has 1 aliphatic rings. The van der Waals surface area contributed by atoms with Crippen LogP contribution in [0.15, 0.2) is 17.0 Å². The molecule has 2 N–H and O–H groups in total. The summed E-state index contributed by atoms with van der Waals surface area (Å²) in [6.07, 6.45) is 0.788. The molecular weight excluding hydrogens is 321 g/mol. The summed E-state index contributed by atoms with van der Waals surface area (Å²) in [5, 5.41) is 0.117. The predicted octanol–water partition coefficient (Wildman–Crippen LogP) is 1.90. The van der Waals surface area contributed by atoms with Crippen LogP contribution in [-0.4, -0.2) is 50.8 Å². The molecule has 1 saturated heterocycles. The Morgan fingerprint density at radius 2 is 1.85 bits per heavy atom. The Kier molecular flexibility index (Phi) is 4.51. The van der Waals surface area contributed by atoms with Gasteiger partial charge in [0.1, 0.15) is 4.90 Å². The molecule has 0 amide bonds. The Morgan fingerprint density at radius 3 is 2.30 bits per heavy atom. The minimum atomic E-state index is -3.70. The third kappa shape index (κ3) is 2.89. The Labute approximate surface area is 129 Å². The molecule has 0 spiro atoms. The molecule has 1 aromatic rings. The maximum absolute atomic E-state index is 12.7. The van der Waals surface area contributed by atoms with Crippen molar-refractivity contribution in [3.05, 3.63) is 22.2 Å². The molecule has 0 saturated carbocycles. The number of sulfonamides is 1. The van der Waals surface area contributed by atoms with Crippen LogP contribution < -0.4 is 5.73 Å². The lowest BCUT2D eigenvalue weighted by Crippen LogP contribution is -2.34. The van der Waals surface area contributed by atoms with Crippen LogP contribution in [0.2, 0.25) is 10.0 Å². The third-order valence-corrected chi connectivity index (χ3v) is 6.26. The monoisotopic (exact) mass is 337 g/mol. The summed E-state index contributed by atoms with van der Waals surface area (Å²) in [6.45, 7) is 0.897. The van der Waals surface area contributed by atoms with E-state index in [0.29, 0.717) is 18.8 Å². The molecule has 1 unspecified atom stereocenters. The highest BCUT2D eigenvalue weighted by molar-refractivity contribution is 7.89. The minimum Gasteiger partial charge on any atom is -0.399 e. The Balaban J connectivity index is 2.38. The topological polar surface area (TPSA) is 66.6 Å². The Hall–Kier alpha value is -0.530. The molecule has 1 aliphatic heterocycles. The zero-order valence-corrected chi connectivity index (χ0v) is 13.6. The normalized spacial score (nSPS) is 20.8. The van der Waals surface area contributed by atoms with Crippen molar-refractivity contribution in [1.82, 2.24) is 9.21 Å². The molecule has 0 bridgehead atoms. The van der Waals surface area contributed by atoms with Crippen molar-refractivity contribution in [2.24, 2.45) is 0 Å². The number of halogens is 2. The number of likely N-dealkylation sites (N-methyl/N-ethyl adjacent to an activating group) is 1. The van der Waals surface area contributed by atoms with Gasteiger partial charge < -0.3 is 10.6 Å². The van der Waals surface area contributed by atoms with E-state index in [1.165, 1.54) is 16.4 Å². The van der Waals surface area contributed by atoms with E-state index < -0.39 is 10.0 Å². The number of anilines is 1. The number of nitrogen functional groups attached to an aromatic ring is 1. The van der Waals surface area contributed by atoms with E-state index in [-0.39, 0.29) is 21.0 Å². The highest BCUT2D eigenvalue weighted by Gasteiger charge is 2.35. The van der Waals surface area contributed by atoms with Gasteiger partial charge in [0, 0.05) is 24.8 Å². The summed E-state index contributed by atoms with van der Waals surface area (Å²) in [4.78, 5) is 1.95. The van der Waals surface area contributed by atoms with E-state index in [0.717, 1.165) is 6.42 Å². The van der Waals surface area contributed by atoms with Gasteiger partial charge in [-0.25, -0.2) is 8.42 Å². The highest BCUT2D eigenvalue weighted by atomic mass is 35.5. The minimum absolute atomic E-state index is 0.0586. The van der Waals surface area contributed by atoms with Gasteiger partial charge in [0.2, 0.25) is 10.0 Å². The maximum Gasteiger partial charge on any atom is 0.246 e. The second-order valence-corrected chi connectivity index (χ2v) is 7.77. The largest absolute Gasteiger partial charge is 0.399 e. The molecule has 1 atom stereocenters. The van der Waals surface area contributed by atoms with Crippen molar-refractivity contribution in [1.29, 1.82) is 0 Å². The summed E-state index contributed by atoms with van der Waals surface area (Å²) >= 11 is 12.0. The van der Waals surface area contributed by atoms with Gasteiger partial charge in [-0.05, 0) is 32.6 Å². The van der Waals surface area contributed by atoms with Crippen LogP contribution in [0.1, 0.15) is 6.42 Å². The van der Waals surface area contributed by atoms with Gasteiger partial charge in [-0.3, -0.25) is 0 Å². The highest BCUT2D eigenvalue weighted by Crippen LogP contribution is 2.35. The molecule has 0 aromatic heterocycles. The molecule has 1 fully saturated rings. The maximum atomic E-state index is 12.7. The standard InChI is InChI=1S/C12H17Cl2N3O2S/c1-16(2)9-3-4-17(7-9)20(18,19)12-10(13)5-8(15)6-11(12)14/h5-6,9H,3-4,7,15H2,1-2H3. The van der Waals surface area contributed by atoms with Gasteiger partial charge in [0.15, 0.2) is 0 Å². The van der Waals surface area contributed by atoms with Crippen LogP contribution in [0, 0.1) is 0 Å². The molecule has 0 aliphatic carbocycles. The summed E-state index contributed by atoms with van der Waals surface area (Å²) in [6, 6.07) is 3.01. The van der Waals surface area contributed by atoms with Gasteiger partial charge in [-0.2, -0.15) is 4.31 Å². The van der Waals surface area contributed by atoms with Crippen molar-refractivity contribution < 1.29 is 8.42 Å². The van der Waals surface area contributed by atoms with Crippen LogP contribution in [0.25, 0.3) is 0 Å². The second-order valence-electron chi connectivity index (χ2n) is 5.08. The number of rotatable bonds is 3. The average Bonchev–Trinajstić information content (AvgIpc) is 2.76. The molecule has 0 radical (unpaired) electrons. The Bertz CT molecular complexity index is 596. The first-order chi connectivity index (χ1) is 9.23. The van der Waals surface area contributed by atoms with Crippen molar-refractivity contribution in [2.45, 2.75) is 17.4 Å². The average molecular weight is 338 g/mol. The quantitative estimate of drug-likeness (QED) is 0.855. The number of hydrogen-bond acceptors (Lipinski definition) is 4. The smallest absolute Gasteiger partial charge is 0.246 e. The van der Waals surface area contributed by atoms with Gasteiger partial charge >= 0.3 is 0 Å². The lowest BCUT2D eigenvalue weighted by molar-refractivity contribution is 0.302. The summed E-state index contributed by atoms with van der Waals surface area (Å²) < 4.78 is 26.7. The van der Waals surface area contributed by atoms with Crippen LogP contribution in [-0.2, 0) is 10.0 Å². The van der Waals surface area contributed by atoms with E-state index in [1.54, 1.807) is 0 Å². The van der Waals surface area contributed by atoms with E-state index in [1.807, 2.05) is 19.0 Å². The van der Waals surface area contributed by atoms with E-state index >= 15 is 0 Å². The molecule has 8 heteroatoms. The molecule has 20 heavy (non-hydrogen) atoms. The third-order valence-electron chi connectivity index (χ3n) is 3.47. The molecule has 5 nitrogen and oxygen atoms in total. The zero-order valence-electron chi connectivity index (χ0n) is 11.3. The summed E-state index contributed by atoms with van der Waals surface area (Å²) in [5.74, 6) is 0. The van der Waals surface area contributed by atoms with Crippen LogP contribution in [0.3, 0.4) is 0 Å². The lowest BCUT2D eigenvalue weighted by Gasteiger charge is -2.21. The fraction of sp³-hybridized carbons (Fsp3) is 0.500. The van der Waals surface area contributed by atoms with E-state index in [4.69, 9.17) is 28.9 Å². The van der Waals surface area contributed by atoms with Gasteiger partial charge in [0.25, 0.3) is 0 Å². The predicted molar refractivity (Wildman–Crippen MR) is 81.7 cm³/mol. The molecule has 1 aromatic carbocycles. The fourth-order valence-electron chi connectivity index (χ4n) is 2.31. The van der Waals surface area contributed by atoms with Crippen LogP contribution in [0.4, 0.5) is 5.69 Å². The zero-order chi connectivity index (χ0) is 15.1. The molecule has 112 valence electrons. The number of nitrogens with zero attached hydrogens (tertiary/aromatic N) is 2. The van der Waals surface area contributed by atoms with Crippen LogP contribution >= 0.6 is 23.2 Å². The first-order valence-electron chi connectivity index (χ1n) is 6.14. The SMILES string of the molecule is CN(C)C1CCN(S(=O)(=O)c2c(Cl)cc(N)cc2Cl)C1. The molecule has 2 rings (SSSR count). The van der Waals surface area contributed by atoms with Gasteiger partial charge in [-0.15, -0.1) is 0 Å².